The van der Waals surface area contributed by atoms with E-state index in [1.54, 1.807) is 11.3 Å². The van der Waals surface area contributed by atoms with E-state index in [9.17, 15) is 4.79 Å². The molecule has 0 aliphatic carbocycles. The lowest BCUT2D eigenvalue weighted by Gasteiger charge is -2.27. The number of hydrogen-bond donors (Lipinski definition) is 0. The molecule has 4 rings (SSSR count). The molecule has 7 heteroatoms. The molecule has 0 N–H and O–H groups in total. The van der Waals surface area contributed by atoms with Crippen molar-refractivity contribution in [2.75, 3.05) is 26.7 Å². The van der Waals surface area contributed by atoms with Crippen LogP contribution >= 0.6 is 11.3 Å². The van der Waals surface area contributed by atoms with Crippen LogP contribution in [0.4, 0.5) is 0 Å². The number of nitrogens with zero attached hydrogens (tertiary/aromatic N) is 3. The average Bonchev–Trinajstić information content (AvgIpc) is 3.38. The highest BCUT2D eigenvalue weighted by molar-refractivity contribution is 7.10. The molecular weight excluding hydrogens is 362 g/mol. The van der Waals surface area contributed by atoms with Gasteiger partial charge in [0.25, 0.3) is 5.91 Å². The summed E-state index contributed by atoms with van der Waals surface area (Å²) < 4.78 is 11.0. The minimum atomic E-state index is 0.127. The number of carbonyl (C=O) groups is 1. The summed E-state index contributed by atoms with van der Waals surface area (Å²) in [6, 6.07) is 0. The van der Waals surface area contributed by atoms with Crippen molar-refractivity contribution in [2.24, 2.45) is 0 Å². The van der Waals surface area contributed by atoms with Gasteiger partial charge in [0.05, 0.1) is 17.4 Å². The third-order valence-electron chi connectivity index (χ3n) is 5.67. The van der Waals surface area contributed by atoms with Crippen LogP contribution in [-0.2, 0) is 24.2 Å². The Kier molecular flexibility index (Phi) is 5.34. The summed E-state index contributed by atoms with van der Waals surface area (Å²) in [6.45, 7) is 8.14. The van der Waals surface area contributed by atoms with Gasteiger partial charge < -0.3 is 14.2 Å². The predicted molar refractivity (Wildman–Crippen MR) is 104 cm³/mol. The molecule has 1 fully saturated rings. The largest absolute Gasteiger partial charge is 0.376 e. The van der Waals surface area contributed by atoms with Gasteiger partial charge in [-0.15, -0.1) is 11.3 Å². The SMILES string of the molecule is Cc1noc(C)c1CN1CCc2c(C(=O)N(C)C[C@@H]3CCCO3)csc2C1. The van der Waals surface area contributed by atoms with Crippen molar-refractivity contribution in [3.8, 4) is 0 Å². The standard InChI is InChI=1S/C20H27N3O3S/c1-13-17(14(2)26-21-13)10-23-7-6-16-18(12-27-19(16)11-23)20(24)22(3)9-15-5-4-8-25-15/h12,15H,4-11H2,1-3H3/t15-/m0/s1. The van der Waals surface area contributed by atoms with Gasteiger partial charge in [-0.25, -0.2) is 0 Å². The third kappa shape index (κ3) is 3.81. The lowest BCUT2D eigenvalue weighted by Crippen LogP contribution is -2.35. The van der Waals surface area contributed by atoms with E-state index in [1.165, 1.54) is 16.0 Å². The van der Waals surface area contributed by atoms with E-state index in [2.05, 4.69) is 10.1 Å². The molecule has 0 spiro atoms. The van der Waals surface area contributed by atoms with E-state index < -0.39 is 0 Å². The van der Waals surface area contributed by atoms with Gasteiger partial charge in [-0.05, 0) is 38.7 Å². The third-order valence-corrected chi connectivity index (χ3v) is 6.68. The number of fused-ring (bicyclic) bond motifs is 1. The van der Waals surface area contributed by atoms with Crippen LogP contribution < -0.4 is 0 Å². The lowest BCUT2D eigenvalue weighted by atomic mass is 10.0. The molecule has 0 aromatic carbocycles. The normalized spacial score (nSPS) is 20.0. The maximum absolute atomic E-state index is 12.9. The Morgan fingerprint density at radius 1 is 1.44 bits per heavy atom. The summed E-state index contributed by atoms with van der Waals surface area (Å²) >= 11 is 1.71. The highest BCUT2D eigenvalue weighted by Gasteiger charge is 2.27. The minimum Gasteiger partial charge on any atom is -0.376 e. The molecule has 0 bridgehead atoms. The topological polar surface area (TPSA) is 58.8 Å². The number of rotatable bonds is 5. The smallest absolute Gasteiger partial charge is 0.254 e. The maximum atomic E-state index is 12.9. The van der Waals surface area contributed by atoms with E-state index in [1.807, 2.05) is 31.2 Å². The number of aromatic nitrogens is 1. The Bertz CT molecular complexity index is 803. The average molecular weight is 390 g/mol. The summed E-state index contributed by atoms with van der Waals surface area (Å²) in [5.74, 6) is 1.03. The molecule has 0 radical (unpaired) electrons. The zero-order valence-corrected chi connectivity index (χ0v) is 17.1. The molecule has 146 valence electrons. The summed E-state index contributed by atoms with van der Waals surface area (Å²) in [7, 11) is 1.89. The van der Waals surface area contributed by atoms with Gasteiger partial charge >= 0.3 is 0 Å². The molecule has 1 saturated heterocycles. The van der Waals surface area contributed by atoms with E-state index in [0.29, 0.717) is 6.54 Å². The highest BCUT2D eigenvalue weighted by atomic mass is 32.1. The molecule has 1 atom stereocenters. The van der Waals surface area contributed by atoms with Crippen molar-refractivity contribution in [3.05, 3.63) is 38.4 Å². The molecule has 2 aromatic rings. The number of likely N-dealkylation sites (N-methyl/N-ethyl adjacent to an activating group) is 1. The molecule has 6 nitrogen and oxygen atoms in total. The van der Waals surface area contributed by atoms with Crippen LogP contribution in [0.25, 0.3) is 0 Å². The number of amides is 1. The Labute approximate surface area is 164 Å². The maximum Gasteiger partial charge on any atom is 0.254 e. The lowest BCUT2D eigenvalue weighted by molar-refractivity contribution is 0.0586. The van der Waals surface area contributed by atoms with Crippen molar-refractivity contribution in [2.45, 2.75) is 52.3 Å². The van der Waals surface area contributed by atoms with Crippen LogP contribution in [0.15, 0.2) is 9.90 Å². The second kappa shape index (κ2) is 7.73. The van der Waals surface area contributed by atoms with Gasteiger partial charge in [-0.2, -0.15) is 0 Å². The molecule has 27 heavy (non-hydrogen) atoms. The van der Waals surface area contributed by atoms with Crippen molar-refractivity contribution in [1.82, 2.24) is 15.0 Å². The molecule has 0 unspecified atom stereocenters. The number of aryl methyl sites for hydroxylation is 2. The predicted octanol–water partition coefficient (Wildman–Crippen LogP) is 3.16. The van der Waals surface area contributed by atoms with E-state index in [0.717, 1.165) is 62.5 Å². The van der Waals surface area contributed by atoms with Gasteiger partial charge in [0.2, 0.25) is 0 Å². The van der Waals surface area contributed by atoms with Crippen LogP contribution in [-0.4, -0.2) is 53.7 Å². The summed E-state index contributed by atoms with van der Waals surface area (Å²) in [4.78, 5) is 18.5. The Hall–Kier alpha value is -1.70. The fourth-order valence-electron chi connectivity index (χ4n) is 4.03. The molecule has 0 saturated carbocycles. The van der Waals surface area contributed by atoms with Crippen LogP contribution in [0.5, 0.6) is 0 Å². The van der Waals surface area contributed by atoms with Crippen LogP contribution in [0.3, 0.4) is 0 Å². The Morgan fingerprint density at radius 3 is 3.00 bits per heavy atom. The summed E-state index contributed by atoms with van der Waals surface area (Å²) in [5.41, 5.74) is 4.27. The number of ether oxygens (including phenoxy) is 1. The second-order valence-electron chi connectivity index (χ2n) is 7.64. The first-order valence-electron chi connectivity index (χ1n) is 9.63. The van der Waals surface area contributed by atoms with Crippen molar-refractivity contribution in [3.63, 3.8) is 0 Å². The molecule has 2 aromatic heterocycles. The van der Waals surface area contributed by atoms with E-state index >= 15 is 0 Å². The fourth-order valence-corrected chi connectivity index (χ4v) is 5.14. The number of hydrogen-bond acceptors (Lipinski definition) is 6. The van der Waals surface area contributed by atoms with Crippen molar-refractivity contribution in [1.29, 1.82) is 0 Å². The Balaban J connectivity index is 1.42. The van der Waals surface area contributed by atoms with Crippen LogP contribution in [0.2, 0.25) is 0 Å². The quantitative estimate of drug-likeness (QED) is 0.786. The van der Waals surface area contributed by atoms with Gasteiger partial charge in [0, 0.05) is 55.7 Å². The van der Waals surface area contributed by atoms with Crippen molar-refractivity contribution >= 4 is 17.2 Å². The van der Waals surface area contributed by atoms with Gasteiger partial charge in [-0.1, -0.05) is 5.16 Å². The summed E-state index contributed by atoms with van der Waals surface area (Å²) in [5, 5.41) is 6.10. The minimum absolute atomic E-state index is 0.127. The van der Waals surface area contributed by atoms with Crippen molar-refractivity contribution < 1.29 is 14.1 Å². The fraction of sp³-hybridized carbons (Fsp3) is 0.600. The first-order valence-corrected chi connectivity index (χ1v) is 10.5. The second-order valence-corrected chi connectivity index (χ2v) is 8.60. The summed E-state index contributed by atoms with van der Waals surface area (Å²) in [6.07, 6.45) is 3.26. The first-order chi connectivity index (χ1) is 13.0. The first kappa shape index (κ1) is 18.7. The molecule has 1 amide bonds. The molecular formula is C20H27N3O3S. The zero-order valence-electron chi connectivity index (χ0n) is 16.3. The van der Waals surface area contributed by atoms with Gasteiger partial charge in [-0.3, -0.25) is 9.69 Å². The molecule has 4 heterocycles. The van der Waals surface area contributed by atoms with Gasteiger partial charge in [0.15, 0.2) is 0 Å². The Morgan fingerprint density at radius 2 is 2.30 bits per heavy atom. The number of carbonyl (C=O) groups excluding carboxylic acids is 1. The van der Waals surface area contributed by atoms with Gasteiger partial charge in [0.1, 0.15) is 5.76 Å². The molecule has 2 aliphatic rings. The highest BCUT2D eigenvalue weighted by Crippen LogP contribution is 2.31. The van der Waals surface area contributed by atoms with E-state index in [-0.39, 0.29) is 12.0 Å². The molecule has 2 aliphatic heterocycles. The number of thiophene rings is 1. The monoisotopic (exact) mass is 389 g/mol. The van der Waals surface area contributed by atoms with Crippen LogP contribution in [0.1, 0.15) is 50.7 Å². The van der Waals surface area contributed by atoms with E-state index in [4.69, 9.17) is 9.26 Å². The van der Waals surface area contributed by atoms with Crippen LogP contribution in [0, 0.1) is 13.8 Å². The zero-order chi connectivity index (χ0) is 19.0.